The molecule has 1 aliphatic heterocycles. The number of anilines is 1. The number of carbonyl (C=O) groups is 1. The molecule has 1 saturated heterocycles. The Labute approximate surface area is 202 Å². The van der Waals surface area contributed by atoms with Gasteiger partial charge in [-0.15, -0.1) is 11.3 Å². The maximum atomic E-state index is 12.5. The highest BCUT2D eigenvalue weighted by Gasteiger charge is 2.17. The molecule has 0 aliphatic carbocycles. The molecule has 8 heteroatoms. The van der Waals surface area contributed by atoms with E-state index in [0.717, 1.165) is 41.5 Å². The van der Waals surface area contributed by atoms with Crippen LogP contribution in [0.15, 0.2) is 53.9 Å². The van der Waals surface area contributed by atoms with Gasteiger partial charge >= 0.3 is 0 Å². The first-order valence-electron chi connectivity index (χ1n) is 10.7. The predicted molar refractivity (Wildman–Crippen MR) is 131 cm³/mol. The summed E-state index contributed by atoms with van der Waals surface area (Å²) in [5, 5.41) is 6.37. The van der Waals surface area contributed by atoms with Gasteiger partial charge in [0.25, 0.3) is 0 Å². The number of benzene rings is 2. The van der Waals surface area contributed by atoms with Crippen LogP contribution in [0.5, 0.6) is 11.5 Å². The molecule has 2 heterocycles. The largest absolute Gasteiger partial charge is 0.489 e. The summed E-state index contributed by atoms with van der Waals surface area (Å²) in [6.45, 7) is 3.61. The van der Waals surface area contributed by atoms with Crippen LogP contribution in [0, 0.1) is 6.92 Å². The summed E-state index contributed by atoms with van der Waals surface area (Å²) in [5.74, 6) is 1.03. The summed E-state index contributed by atoms with van der Waals surface area (Å²) >= 11 is 7.72. The molecule has 1 amide bonds. The van der Waals surface area contributed by atoms with E-state index in [1.807, 2.05) is 36.6 Å². The van der Waals surface area contributed by atoms with Gasteiger partial charge in [-0.25, -0.2) is 4.98 Å². The van der Waals surface area contributed by atoms with Crippen LogP contribution in [0.2, 0.25) is 5.02 Å². The second-order valence-electron chi connectivity index (χ2n) is 7.62. The fourth-order valence-electron chi connectivity index (χ4n) is 3.34. The lowest BCUT2D eigenvalue weighted by molar-refractivity contribution is -0.111. The van der Waals surface area contributed by atoms with Crippen molar-refractivity contribution in [1.29, 1.82) is 0 Å². The van der Waals surface area contributed by atoms with Gasteiger partial charge in [0.05, 0.1) is 22.5 Å². The maximum Gasteiger partial charge on any atom is 0.248 e. The SMILES string of the molecule is Cc1nc(COc2ccc(/C=C/C(=O)Nc3cc(Cl)ccc3OCC3CCCO3)cc2)cs1. The number of amides is 1. The van der Waals surface area contributed by atoms with E-state index in [2.05, 4.69) is 10.3 Å². The van der Waals surface area contributed by atoms with E-state index >= 15 is 0 Å². The lowest BCUT2D eigenvalue weighted by Gasteiger charge is -2.15. The van der Waals surface area contributed by atoms with Crippen molar-refractivity contribution in [2.75, 3.05) is 18.5 Å². The second-order valence-corrected chi connectivity index (χ2v) is 9.12. The Morgan fingerprint density at radius 3 is 2.85 bits per heavy atom. The van der Waals surface area contributed by atoms with Crippen LogP contribution in [-0.4, -0.2) is 30.2 Å². The third-order valence-corrected chi connectivity index (χ3v) is 6.07. The molecular formula is C25H25ClN2O4S. The molecule has 1 aromatic heterocycles. The Kier molecular flexibility index (Phi) is 7.99. The van der Waals surface area contributed by atoms with Crippen molar-refractivity contribution in [3.05, 3.63) is 75.2 Å². The number of carbonyl (C=O) groups excluding carboxylic acids is 1. The van der Waals surface area contributed by atoms with Gasteiger partial charge in [0.1, 0.15) is 24.7 Å². The van der Waals surface area contributed by atoms with Gasteiger partial charge in [-0.1, -0.05) is 23.7 Å². The number of thiazole rings is 1. The van der Waals surface area contributed by atoms with Crippen molar-refractivity contribution in [1.82, 2.24) is 4.98 Å². The minimum Gasteiger partial charge on any atom is -0.489 e. The Morgan fingerprint density at radius 2 is 2.12 bits per heavy atom. The van der Waals surface area contributed by atoms with Crippen molar-refractivity contribution in [3.8, 4) is 11.5 Å². The number of nitrogens with one attached hydrogen (secondary N) is 1. The van der Waals surface area contributed by atoms with Gasteiger partial charge in [0.15, 0.2) is 0 Å². The Bertz CT molecular complexity index is 1110. The number of aryl methyl sites for hydroxylation is 1. The van der Waals surface area contributed by atoms with E-state index in [1.54, 1.807) is 35.6 Å². The smallest absolute Gasteiger partial charge is 0.248 e. The topological polar surface area (TPSA) is 69.7 Å². The number of hydrogen-bond acceptors (Lipinski definition) is 6. The van der Waals surface area contributed by atoms with Gasteiger partial charge in [0.2, 0.25) is 5.91 Å². The van der Waals surface area contributed by atoms with E-state index in [9.17, 15) is 4.79 Å². The molecule has 1 fully saturated rings. The number of aromatic nitrogens is 1. The van der Waals surface area contributed by atoms with E-state index < -0.39 is 0 Å². The monoisotopic (exact) mass is 484 g/mol. The third kappa shape index (κ3) is 7.05. The molecule has 1 aliphatic rings. The molecule has 33 heavy (non-hydrogen) atoms. The lowest BCUT2D eigenvalue weighted by Crippen LogP contribution is -2.17. The molecule has 0 bridgehead atoms. The zero-order chi connectivity index (χ0) is 23.0. The quantitative estimate of drug-likeness (QED) is 0.383. The molecule has 172 valence electrons. The van der Waals surface area contributed by atoms with Crippen molar-refractivity contribution in [3.63, 3.8) is 0 Å². The number of rotatable bonds is 9. The fraction of sp³-hybridized carbons (Fsp3) is 0.280. The summed E-state index contributed by atoms with van der Waals surface area (Å²) in [6.07, 6.45) is 5.31. The molecule has 1 N–H and O–H groups in total. The van der Waals surface area contributed by atoms with Crippen LogP contribution >= 0.6 is 22.9 Å². The average Bonchev–Trinajstić information content (AvgIpc) is 3.48. The average molecular weight is 485 g/mol. The number of ether oxygens (including phenoxy) is 3. The highest BCUT2D eigenvalue weighted by Crippen LogP contribution is 2.29. The Hall–Kier alpha value is -2.87. The molecule has 3 aromatic rings. The van der Waals surface area contributed by atoms with Crippen LogP contribution in [0.1, 0.15) is 29.1 Å². The molecule has 0 spiro atoms. The normalized spacial score (nSPS) is 15.6. The molecule has 4 rings (SSSR count). The number of halogens is 1. The first-order valence-corrected chi connectivity index (χ1v) is 12.0. The maximum absolute atomic E-state index is 12.5. The fourth-order valence-corrected chi connectivity index (χ4v) is 4.11. The van der Waals surface area contributed by atoms with E-state index in [0.29, 0.717) is 29.7 Å². The molecule has 6 nitrogen and oxygen atoms in total. The van der Waals surface area contributed by atoms with Gasteiger partial charge in [-0.2, -0.15) is 0 Å². The molecule has 1 unspecified atom stereocenters. The van der Waals surface area contributed by atoms with Crippen molar-refractivity contribution >= 4 is 40.6 Å². The first-order chi connectivity index (χ1) is 16.0. The predicted octanol–water partition coefficient (Wildman–Crippen LogP) is 5.89. The second kappa shape index (κ2) is 11.3. The summed E-state index contributed by atoms with van der Waals surface area (Å²) in [5.41, 5.74) is 2.32. The van der Waals surface area contributed by atoms with Gasteiger partial charge < -0.3 is 19.5 Å². The van der Waals surface area contributed by atoms with Gasteiger partial charge in [-0.3, -0.25) is 4.79 Å². The zero-order valence-electron chi connectivity index (χ0n) is 18.3. The van der Waals surface area contributed by atoms with Crippen molar-refractivity contribution in [2.24, 2.45) is 0 Å². The molecule has 1 atom stereocenters. The number of nitrogens with zero attached hydrogens (tertiary/aromatic N) is 1. The highest BCUT2D eigenvalue weighted by atomic mass is 35.5. The van der Waals surface area contributed by atoms with E-state index in [4.69, 9.17) is 25.8 Å². The van der Waals surface area contributed by atoms with E-state index in [-0.39, 0.29) is 12.0 Å². The van der Waals surface area contributed by atoms with Crippen LogP contribution in [0.4, 0.5) is 5.69 Å². The highest BCUT2D eigenvalue weighted by molar-refractivity contribution is 7.09. The molecule has 0 saturated carbocycles. The van der Waals surface area contributed by atoms with E-state index in [1.165, 1.54) is 6.08 Å². The third-order valence-electron chi connectivity index (χ3n) is 5.01. The Morgan fingerprint density at radius 1 is 1.27 bits per heavy atom. The molecular weight excluding hydrogens is 460 g/mol. The number of hydrogen-bond donors (Lipinski definition) is 1. The van der Waals surface area contributed by atoms with Crippen LogP contribution in [-0.2, 0) is 16.1 Å². The summed E-state index contributed by atoms with van der Waals surface area (Å²) in [4.78, 5) is 16.9. The zero-order valence-corrected chi connectivity index (χ0v) is 19.8. The Balaban J connectivity index is 1.31. The summed E-state index contributed by atoms with van der Waals surface area (Å²) in [7, 11) is 0. The minimum atomic E-state index is -0.279. The first kappa shape index (κ1) is 23.3. The van der Waals surface area contributed by atoms with Crippen LogP contribution in [0.3, 0.4) is 0 Å². The van der Waals surface area contributed by atoms with Crippen LogP contribution in [0.25, 0.3) is 6.08 Å². The van der Waals surface area contributed by atoms with Gasteiger partial charge in [-0.05, 0) is 61.7 Å². The minimum absolute atomic E-state index is 0.0849. The van der Waals surface area contributed by atoms with Crippen molar-refractivity contribution in [2.45, 2.75) is 32.5 Å². The lowest BCUT2D eigenvalue weighted by atomic mass is 10.2. The summed E-state index contributed by atoms with van der Waals surface area (Å²) in [6, 6.07) is 12.7. The summed E-state index contributed by atoms with van der Waals surface area (Å²) < 4.78 is 17.2. The van der Waals surface area contributed by atoms with Crippen LogP contribution < -0.4 is 14.8 Å². The molecule has 0 radical (unpaired) electrons. The van der Waals surface area contributed by atoms with Gasteiger partial charge in [0, 0.05) is 23.1 Å². The van der Waals surface area contributed by atoms with Crippen molar-refractivity contribution < 1.29 is 19.0 Å². The molecule has 2 aromatic carbocycles. The standard InChI is InChI=1S/C25H25ClN2O4S/c1-17-27-20(16-33-17)14-31-21-8-4-18(5-9-21)6-11-25(29)28-23-13-19(26)7-10-24(23)32-15-22-3-2-12-30-22/h4-11,13,16,22H,2-3,12,14-15H2,1H3,(H,28,29)/b11-6+.